The summed E-state index contributed by atoms with van der Waals surface area (Å²) in [5.74, 6) is -0.136. The van der Waals surface area contributed by atoms with Gasteiger partial charge in [0.1, 0.15) is 5.69 Å². The fourth-order valence-electron chi connectivity index (χ4n) is 1.37. The summed E-state index contributed by atoms with van der Waals surface area (Å²) in [6.07, 6.45) is 2.46. The molecule has 0 radical (unpaired) electrons. The van der Waals surface area contributed by atoms with Gasteiger partial charge in [0.15, 0.2) is 0 Å². The van der Waals surface area contributed by atoms with Crippen LogP contribution < -0.4 is 0 Å². The molecule has 1 heterocycles. The minimum Gasteiger partial charge on any atom is -0.395 e. The van der Waals surface area contributed by atoms with E-state index < -0.39 is 0 Å². The molecule has 1 rings (SSSR count). The Labute approximate surface area is 103 Å². The Bertz CT molecular complexity index is 334. The first-order chi connectivity index (χ1) is 7.69. The van der Waals surface area contributed by atoms with E-state index in [1.165, 1.54) is 0 Å². The zero-order valence-electron chi connectivity index (χ0n) is 9.19. The highest BCUT2D eigenvalue weighted by Crippen LogP contribution is 2.09. The lowest BCUT2D eigenvalue weighted by atomic mass is 10.3. The van der Waals surface area contributed by atoms with E-state index in [0.717, 1.165) is 10.9 Å². The van der Waals surface area contributed by atoms with Crippen molar-refractivity contribution in [3.05, 3.63) is 28.5 Å². The van der Waals surface area contributed by atoms with E-state index in [4.69, 9.17) is 5.11 Å². The van der Waals surface area contributed by atoms with Crippen LogP contribution in [0.3, 0.4) is 0 Å². The van der Waals surface area contributed by atoms with Gasteiger partial charge in [0, 0.05) is 23.8 Å². The molecule has 0 fully saturated rings. The Morgan fingerprint density at radius 1 is 1.50 bits per heavy atom. The number of hydrogen-bond acceptors (Lipinski definition) is 3. The number of amides is 1. The Morgan fingerprint density at radius 3 is 2.75 bits per heavy atom. The average Bonchev–Trinajstić information content (AvgIpc) is 2.29. The van der Waals surface area contributed by atoms with Gasteiger partial charge in [-0.05, 0) is 34.5 Å². The highest BCUT2D eigenvalue weighted by molar-refractivity contribution is 9.10. The molecule has 5 heteroatoms. The number of aliphatic hydroxyl groups is 1. The molecule has 0 bridgehead atoms. The number of aliphatic hydroxyl groups excluding tert-OH is 1. The van der Waals surface area contributed by atoms with E-state index in [2.05, 4.69) is 20.9 Å². The van der Waals surface area contributed by atoms with E-state index in [-0.39, 0.29) is 12.5 Å². The summed E-state index contributed by atoms with van der Waals surface area (Å²) in [6, 6.07) is 3.45. The van der Waals surface area contributed by atoms with Crippen molar-refractivity contribution < 1.29 is 9.90 Å². The van der Waals surface area contributed by atoms with Crippen molar-refractivity contribution in [3.8, 4) is 0 Å². The number of halogens is 1. The number of hydrogen-bond donors (Lipinski definition) is 1. The van der Waals surface area contributed by atoms with Gasteiger partial charge in [-0.3, -0.25) is 4.79 Å². The van der Waals surface area contributed by atoms with Crippen LogP contribution in [0.25, 0.3) is 0 Å². The molecule has 1 amide bonds. The fraction of sp³-hybridized carbons (Fsp3) is 0.455. The van der Waals surface area contributed by atoms with Gasteiger partial charge in [-0.25, -0.2) is 4.98 Å². The molecule has 4 nitrogen and oxygen atoms in total. The van der Waals surface area contributed by atoms with E-state index in [1.54, 1.807) is 23.2 Å². The Morgan fingerprint density at radius 2 is 2.25 bits per heavy atom. The van der Waals surface area contributed by atoms with Crippen LogP contribution in [-0.4, -0.2) is 40.6 Å². The summed E-state index contributed by atoms with van der Waals surface area (Å²) < 4.78 is 0.841. The van der Waals surface area contributed by atoms with Gasteiger partial charge < -0.3 is 10.0 Å². The zero-order valence-corrected chi connectivity index (χ0v) is 10.8. The monoisotopic (exact) mass is 286 g/mol. The van der Waals surface area contributed by atoms with Crippen molar-refractivity contribution in [3.63, 3.8) is 0 Å². The molecular weight excluding hydrogens is 272 g/mol. The van der Waals surface area contributed by atoms with Crippen molar-refractivity contribution in [2.45, 2.75) is 13.3 Å². The van der Waals surface area contributed by atoms with E-state index >= 15 is 0 Å². The molecular formula is C11H15BrN2O2. The zero-order chi connectivity index (χ0) is 12.0. The lowest BCUT2D eigenvalue weighted by molar-refractivity contribution is 0.0716. The number of carbonyl (C=O) groups excluding carboxylic acids is 1. The van der Waals surface area contributed by atoms with Gasteiger partial charge in [-0.1, -0.05) is 6.92 Å². The van der Waals surface area contributed by atoms with Gasteiger partial charge in [0.2, 0.25) is 0 Å². The second-order valence-electron chi connectivity index (χ2n) is 3.38. The quantitative estimate of drug-likeness (QED) is 0.896. The van der Waals surface area contributed by atoms with Crippen molar-refractivity contribution >= 4 is 21.8 Å². The summed E-state index contributed by atoms with van der Waals surface area (Å²) in [5.41, 5.74) is 0.408. The maximum absolute atomic E-state index is 12.0. The van der Waals surface area contributed by atoms with Crippen LogP contribution in [0, 0.1) is 0 Å². The predicted molar refractivity (Wildman–Crippen MR) is 65.2 cm³/mol. The number of pyridine rings is 1. The third kappa shape index (κ3) is 3.57. The first kappa shape index (κ1) is 13.1. The van der Waals surface area contributed by atoms with Crippen LogP contribution in [-0.2, 0) is 0 Å². The summed E-state index contributed by atoms with van der Waals surface area (Å²) in [5, 5.41) is 8.88. The minimum absolute atomic E-state index is 0.0255. The third-order valence-corrected chi connectivity index (χ3v) is 2.57. The van der Waals surface area contributed by atoms with Gasteiger partial charge in [-0.2, -0.15) is 0 Å². The smallest absolute Gasteiger partial charge is 0.272 e. The SMILES string of the molecule is CCCN(CCO)C(=O)c1ccc(Br)cn1. The molecule has 0 saturated carbocycles. The predicted octanol–water partition coefficient (Wildman–Crippen LogP) is 1.69. The molecule has 16 heavy (non-hydrogen) atoms. The van der Waals surface area contributed by atoms with Crippen molar-refractivity contribution in [2.75, 3.05) is 19.7 Å². The molecule has 1 aromatic rings. The standard InChI is InChI=1S/C11H15BrN2O2/c1-2-5-14(6-7-15)11(16)10-4-3-9(12)8-13-10/h3-4,8,15H,2,5-7H2,1H3. The van der Waals surface area contributed by atoms with Crippen LogP contribution in [0.4, 0.5) is 0 Å². The number of nitrogens with zero attached hydrogens (tertiary/aromatic N) is 2. The highest BCUT2D eigenvalue weighted by Gasteiger charge is 2.15. The van der Waals surface area contributed by atoms with Crippen LogP contribution >= 0.6 is 15.9 Å². The maximum Gasteiger partial charge on any atom is 0.272 e. The first-order valence-corrected chi connectivity index (χ1v) is 6.00. The van der Waals surface area contributed by atoms with Crippen LogP contribution in [0.2, 0.25) is 0 Å². The molecule has 1 N–H and O–H groups in total. The summed E-state index contributed by atoms with van der Waals surface area (Å²) in [7, 11) is 0. The molecule has 0 aliphatic rings. The molecule has 0 spiro atoms. The van der Waals surface area contributed by atoms with Crippen molar-refractivity contribution in [1.82, 2.24) is 9.88 Å². The number of aromatic nitrogens is 1. The largest absolute Gasteiger partial charge is 0.395 e. The molecule has 0 unspecified atom stereocenters. The highest BCUT2D eigenvalue weighted by atomic mass is 79.9. The van der Waals surface area contributed by atoms with Crippen LogP contribution in [0.5, 0.6) is 0 Å². The molecule has 0 saturated heterocycles. The summed E-state index contributed by atoms with van der Waals surface area (Å²) in [6.45, 7) is 2.95. The second-order valence-corrected chi connectivity index (χ2v) is 4.29. The van der Waals surface area contributed by atoms with Crippen LogP contribution in [0.1, 0.15) is 23.8 Å². The normalized spacial score (nSPS) is 10.2. The van der Waals surface area contributed by atoms with Crippen LogP contribution in [0.15, 0.2) is 22.8 Å². The van der Waals surface area contributed by atoms with Gasteiger partial charge in [-0.15, -0.1) is 0 Å². The van der Waals surface area contributed by atoms with E-state index in [9.17, 15) is 4.79 Å². The molecule has 0 atom stereocenters. The average molecular weight is 287 g/mol. The Balaban J connectivity index is 2.77. The van der Waals surface area contributed by atoms with Gasteiger partial charge in [0.05, 0.1) is 6.61 Å². The lowest BCUT2D eigenvalue weighted by Gasteiger charge is -2.20. The van der Waals surface area contributed by atoms with E-state index in [0.29, 0.717) is 18.8 Å². The van der Waals surface area contributed by atoms with Crippen molar-refractivity contribution in [1.29, 1.82) is 0 Å². The molecule has 0 aliphatic carbocycles. The van der Waals surface area contributed by atoms with Crippen molar-refractivity contribution in [2.24, 2.45) is 0 Å². The van der Waals surface area contributed by atoms with E-state index in [1.807, 2.05) is 6.92 Å². The third-order valence-electron chi connectivity index (χ3n) is 2.10. The van der Waals surface area contributed by atoms with Gasteiger partial charge in [0.25, 0.3) is 5.91 Å². The molecule has 0 aromatic carbocycles. The lowest BCUT2D eigenvalue weighted by Crippen LogP contribution is -2.34. The molecule has 0 aliphatic heterocycles. The Hall–Kier alpha value is -0.940. The first-order valence-electron chi connectivity index (χ1n) is 5.20. The molecule has 88 valence electrons. The Kier molecular flexibility index (Phi) is 5.42. The minimum atomic E-state index is -0.136. The maximum atomic E-state index is 12.0. The topological polar surface area (TPSA) is 53.4 Å². The summed E-state index contributed by atoms with van der Waals surface area (Å²) >= 11 is 3.27. The number of carbonyl (C=O) groups is 1. The molecule has 1 aromatic heterocycles. The fourth-order valence-corrected chi connectivity index (χ4v) is 1.60. The summed E-state index contributed by atoms with van der Waals surface area (Å²) in [4.78, 5) is 17.6. The second kappa shape index (κ2) is 6.60. The van der Waals surface area contributed by atoms with Gasteiger partial charge >= 0.3 is 0 Å². The number of rotatable bonds is 5.